The number of hydrogen-bond donors (Lipinski definition) is 0. The average molecular weight is 163 g/mol. The van der Waals surface area contributed by atoms with Crippen molar-refractivity contribution in [3.63, 3.8) is 0 Å². The second-order valence-corrected chi connectivity index (χ2v) is 1.57. The Kier molecular flexibility index (Phi) is 2.97. The minimum atomic E-state index is -4.50. The summed E-state index contributed by atoms with van der Waals surface area (Å²) < 4.78 is 45.1. The molecule has 0 aromatic carbocycles. The third-order valence-corrected chi connectivity index (χ3v) is 0.724. The molecule has 0 aromatic heterocycles. The Morgan fingerprint density at radius 2 is 1.89 bits per heavy atom. The van der Waals surface area contributed by atoms with E-state index in [4.69, 9.17) is 0 Å². The minimum Gasteiger partial charge on any atom is -0.211 e. The Balaban J connectivity index is 3.75. The third kappa shape index (κ3) is 5.62. The zero-order valence-electron chi connectivity index (χ0n) is 4.17. The van der Waals surface area contributed by atoms with Crippen molar-refractivity contribution in [1.82, 2.24) is 0 Å². The van der Waals surface area contributed by atoms with Crippen LogP contribution >= 0.6 is 11.6 Å². The zero-order chi connectivity index (χ0) is 7.49. The Morgan fingerprint density at radius 1 is 1.44 bits per heavy atom. The van der Waals surface area contributed by atoms with Crippen molar-refractivity contribution in [3.05, 3.63) is 11.4 Å². The molecule has 0 aliphatic carbocycles. The van der Waals surface area contributed by atoms with E-state index in [2.05, 4.69) is 11.6 Å². The van der Waals surface area contributed by atoms with Gasteiger partial charge in [0.1, 0.15) is 5.83 Å². The van der Waals surface area contributed by atoms with Gasteiger partial charge in [0.25, 0.3) is 0 Å². The Morgan fingerprint density at radius 3 is 2.00 bits per heavy atom. The maximum atomic E-state index is 11.6. The molecule has 5 heteroatoms. The smallest absolute Gasteiger partial charge is 0.211 e. The van der Waals surface area contributed by atoms with E-state index in [1.165, 1.54) is 0 Å². The van der Waals surface area contributed by atoms with Gasteiger partial charge in [-0.3, -0.25) is 0 Å². The fraction of sp³-hybridized carbons (Fsp3) is 0.500. The van der Waals surface area contributed by atoms with Crippen LogP contribution in [0, 0.1) is 0 Å². The van der Waals surface area contributed by atoms with Gasteiger partial charge in [-0.2, -0.15) is 13.2 Å². The minimum absolute atomic E-state index is 0.271. The van der Waals surface area contributed by atoms with Gasteiger partial charge in [-0.05, 0) is 0 Å². The lowest BCUT2D eigenvalue weighted by molar-refractivity contribution is -0.129. The first-order valence-electron chi connectivity index (χ1n) is 1.97. The number of halogens is 5. The maximum absolute atomic E-state index is 11.6. The molecule has 0 fully saturated rings. The third-order valence-electron chi connectivity index (χ3n) is 0.488. The molecule has 0 heterocycles. The van der Waals surface area contributed by atoms with Crippen LogP contribution < -0.4 is 0 Å². The van der Waals surface area contributed by atoms with E-state index >= 15 is 0 Å². The van der Waals surface area contributed by atoms with Crippen LogP contribution in [0.1, 0.15) is 6.42 Å². The molecule has 0 nitrogen and oxygen atoms in total. The highest BCUT2D eigenvalue weighted by Crippen LogP contribution is 2.24. The molecule has 0 spiro atoms. The Labute approximate surface area is 54.1 Å². The molecule has 0 aliphatic rings. The van der Waals surface area contributed by atoms with Gasteiger partial charge in [-0.15, -0.1) is 0 Å². The van der Waals surface area contributed by atoms with Gasteiger partial charge in [-0.1, -0.05) is 11.6 Å². The monoisotopic (exact) mass is 162 g/mol. The lowest BCUT2D eigenvalue weighted by atomic mass is 10.4. The number of rotatable bonds is 1. The van der Waals surface area contributed by atoms with Gasteiger partial charge in [0.05, 0.1) is 6.42 Å². The highest BCUT2D eigenvalue weighted by atomic mass is 35.5. The summed E-state index contributed by atoms with van der Waals surface area (Å²) in [6.45, 7) is 0. The quantitative estimate of drug-likeness (QED) is 0.520. The van der Waals surface area contributed by atoms with Crippen molar-refractivity contribution in [2.75, 3.05) is 0 Å². The van der Waals surface area contributed by atoms with Crippen LogP contribution in [-0.2, 0) is 0 Å². The van der Waals surface area contributed by atoms with E-state index in [1.54, 1.807) is 0 Å². The molecule has 0 aliphatic heterocycles. The van der Waals surface area contributed by atoms with Crippen LogP contribution in [0.25, 0.3) is 0 Å². The van der Waals surface area contributed by atoms with Crippen molar-refractivity contribution in [2.45, 2.75) is 12.6 Å². The van der Waals surface area contributed by atoms with Crippen LogP contribution in [-0.4, -0.2) is 6.18 Å². The predicted octanol–water partition coefficient (Wildman–Crippen LogP) is 2.99. The molecule has 0 amide bonds. The zero-order valence-corrected chi connectivity index (χ0v) is 4.93. The first-order valence-corrected chi connectivity index (χ1v) is 2.41. The van der Waals surface area contributed by atoms with Crippen molar-refractivity contribution in [1.29, 1.82) is 0 Å². The molecule has 0 radical (unpaired) electrons. The van der Waals surface area contributed by atoms with Crippen LogP contribution in [0.5, 0.6) is 0 Å². The fourth-order valence-corrected chi connectivity index (χ4v) is 0.307. The van der Waals surface area contributed by atoms with Crippen LogP contribution in [0.4, 0.5) is 17.6 Å². The van der Waals surface area contributed by atoms with E-state index in [1.807, 2.05) is 0 Å². The highest BCUT2D eigenvalue weighted by Gasteiger charge is 2.28. The van der Waals surface area contributed by atoms with Crippen molar-refractivity contribution in [3.8, 4) is 0 Å². The summed E-state index contributed by atoms with van der Waals surface area (Å²) in [4.78, 5) is 0. The van der Waals surface area contributed by atoms with Gasteiger partial charge < -0.3 is 0 Å². The first kappa shape index (κ1) is 8.75. The topological polar surface area (TPSA) is 0 Å². The summed E-state index contributed by atoms with van der Waals surface area (Å²) in [5, 5.41) is 0. The standard InChI is InChI=1S/C4H3ClF4/c5-2-3(6)1-4(7,8)9/h2H,1H2/b3-2-. The lowest BCUT2D eigenvalue weighted by Gasteiger charge is -2.01. The number of allylic oxidation sites excluding steroid dienone is 1. The summed E-state index contributed by atoms with van der Waals surface area (Å²) in [6, 6.07) is 0. The SMILES string of the molecule is F/C(=C\Cl)CC(F)(F)F. The van der Waals surface area contributed by atoms with Gasteiger partial charge >= 0.3 is 6.18 Å². The molecular formula is C4H3ClF4. The van der Waals surface area contributed by atoms with E-state index in [9.17, 15) is 17.6 Å². The summed E-state index contributed by atoms with van der Waals surface area (Å²) in [5.74, 6) is -1.37. The second kappa shape index (κ2) is 3.06. The van der Waals surface area contributed by atoms with Crippen molar-refractivity contribution >= 4 is 11.6 Å². The maximum Gasteiger partial charge on any atom is 0.395 e. The van der Waals surface area contributed by atoms with E-state index in [0.717, 1.165) is 0 Å². The summed E-state index contributed by atoms with van der Waals surface area (Å²) >= 11 is 4.62. The molecule has 0 N–H and O–H groups in total. The van der Waals surface area contributed by atoms with Gasteiger partial charge in [0.2, 0.25) is 0 Å². The van der Waals surface area contributed by atoms with E-state index in [0.29, 0.717) is 0 Å². The Bertz CT molecular complexity index is 114. The highest BCUT2D eigenvalue weighted by molar-refractivity contribution is 6.25. The van der Waals surface area contributed by atoms with Crippen LogP contribution in [0.2, 0.25) is 0 Å². The molecule has 0 unspecified atom stereocenters. The Hall–Kier alpha value is -0.250. The van der Waals surface area contributed by atoms with Crippen LogP contribution in [0.3, 0.4) is 0 Å². The predicted molar refractivity (Wildman–Crippen MR) is 25.7 cm³/mol. The normalized spacial score (nSPS) is 14.1. The number of alkyl halides is 3. The number of hydrogen-bond acceptors (Lipinski definition) is 0. The van der Waals surface area contributed by atoms with E-state index < -0.39 is 18.4 Å². The largest absolute Gasteiger partial charge is 0.395 e. The van der Waals surface area contributed by atoms with Gasteiger partial charge in [0, 0.05) is 5.54 Å². The second-order valence-electron chi connectivity index (χ2n) is 1.35. The first-order chi connectivity index (χ1) is 3.95. The molecule has 9 heavy (non-hydrogen) atoms. The molecule has 0 saturated carbocycles. The van der Waals surface area contributed by atoms with Crippen LogP contribution in [0.15, 0.2) is 11.4 Å². The molecule has 54 valence electrons. The average Bonchev–Trinajstić information content (AvgIpc) is 1.62. The van der Waals surface area contributed by atoms with Crippen molar-refractivity contribution in [2.24, 2.45) is 0 Å². The molecule has 0 rings (SSSR count). The van der Waals surface area contributed by atoms with Crippen molar-refractivity contribution < 1.29 is 17.6 Å². The van der Waals surface area contributed by atoms with Gasteiger partial charge in [-0.25, -0.2) is 4.39 Å². The fourth-order valence-electron chi connectivity index (χ4n) is 0.230. The molecule has 0 aromatic rings. The molecule has 0 saturated heterocycles. The molecular weight excluding hydrogens is 159 g/mol. The molecule has 0 atom stereocenters. The molecule has 0 bridgehead atoms. The van der Waals surface area contributed by atoms with E-state index in [-0.39, 0.29) is 5.54 Å². The lowest BCUT2D eigenvalue weighted by Crippen LogP contribution is -2.06. The van der Waals surface area contributed by atoms with Gasteiger partial charge in [0.15, 0.2) is 0 Å². The summed E-state index contributed by atoms with van der Waals surface area (Å²) in [5.41, 5.74) is 0.271. The summed E-state index contributed by atoms with van der Waals surface area (Å²) in [6.07, 6.45) is -6.09. The summed E-state index contributed by atoms with van der Waals surface area (Å²) in [7, 11) is 0.